The quantitative estimate of drug-likeness (QED) is 0.360. The number of carbonyl (C=O) groups excluding carboxylic acids is 1. The first-order chi connectivity index (χ1) is 17.5. The van der Waals surface area contributed by atoms with E-state index in [1.165, 1.54) is 29.8 Å². The van der Waals surface area contributed by atoms with E-state index in [0.717, 1.165) is 18.2 Å². The summed E-state index contributed by atoms with van der Waals surface area (Å²) in [4.78, 5) is 14.5. The Labute approximate surface area is 207 Å². The van der Waals surface area contributed by atoms with Crippen LogP contribution in [0, 0.1) is 0 Å². The molecule has 1 unspecified atom stereocenters. The van der Waals surface area contributed by atoms with Gasteiger partial charge in [0.1, 0.15) is 11.9 Å². The molecule has 5 rings (SSSR count). The summed E-state index contributed by atoms with van der Waals surface area (Å²) < 4.78 is 85.6. The molecule has 0 spiro atoms. The number of alkyl halides is 6. The number of amides is 2. The number of hydrogen-bond donors (Lipinski definition) is 4. The van der Waals surface area contributed by atoms with E-state index >= 15 is 0 Å². The Hall–Kier alpha value is -3.52. The molecule has 2 saturated heterocycles. The third-order valence-electron chi connectivity index (χ3n) is 6.69. The van der Waals surface area contributed by atoms with Crippen LogP contribution in [0.5, 0.6) is 5.75 Å². The molecule has 2 amide bonds. The smallest absolute Gasteiger partial charge is 0.419 e. The molecule has 14 heteroatoms. The van der Waals surface area contributed by atoms with E-state index in [-0.39, 0.29) is 34.9 Å². The summed E-state index contributed by atoms with van der Waals surface area (Å²) in [6.07, 6.45) is -7.67. The monoisotopic (exact) mass is 529 g/mol. The van der Waals surface area contributed by atoms with E-state index < -0.39 is 35.6 Å². The van der Waals surface area contributed by atoms with E-state index in [2.05, 4.69) is 21.4 Å². The van der Waals surface area contributed by atoms with Gasteiger partial charge in [0.15, 0.2) is 0 Å². The van der Waals surface area contributed by atoms with Crippen molar-refractivity contribution in [3.8, 4) is 5.75 Å². The molecule has 2 aromatic rings. The van der Waals surface area contributed by atoms with Gasteiger partial charge < -0.3 is 15.0 Å². The molecule has 3 heterocycles. The Morgan fingerprint density at radius 3 is 2.24 bits per heavy atom. The SMILES string of the molecule is O=C(Nc1ccc(C(F)(F)F)cc1)N1[C@@H]2CC[C@H]1CC(Oc1ccc(C3=N[NH2+]NN3)cc1C(F)(F)F)C2. The van der Waals surface area contributed by atoms with Crippen molar-refractivity contribution in [2.24, 2.45) is 5.10 Å². The molecule has 3 aliphatic heterocycles. The molecule has 0 radical (unpaired) electrons. The highest BCUT2D eigenvalue weighted by molar-refractivity contribution is 5.98. The molecular formula is C23H23F6N6O2+. The van der Waals surface area contributed by atoms with Crippen molar-refractivity contribution in [1.82, 2.24) is 15.9 Å². The molecule has 0 aromatic heterocycles. The number of halogens is 6. The predicted octanol–water partition coefficient (Wildman–Crippen LogP) is 3.58. The summed E-state index contributed by atoms with van der Waals surface area (Å²) in [7, 11) is 0. The van der Waals surface area contributed by atoms with Crippen LogP contribution in [0.3, 0.4) is 0 Å². The molecule has 2 bridgehead atoms. The summed E-state index contributed by atoms with van der Waals surface area (Å²) in [5, 5.41) is 6.56. The fourth-order valence-corrected chi connectivity index (χ4v) is 5.04. The molecule has 3 atom stereocenters. The average molecular weight is 529 g/mol. The van der Waals surface area contributed by atoms with Crippen LogP contribution in [0.2, 0.25) is 0 Å². The number of rotatable bonds is 4. The first-order valence-corrected chi connectivity index (χ1v) is 11.5. The summed E-state index contributed by atoms with van der Waals surface area (Å²) in [6, 6.07) is 6.89. The van der Waals surface area contributed by atoms with E-state index in [0.29, 0.717) is 25.7 Å². The van der Waals surface area contributed by atoms with Gasteiger partial charge in [-0.25, -0.2) is 4.79 Å². The second-order valence-electron chi connectivity index (χ2n) is 9.09. The lowest BCUT2D eigenvalue weighted by atomic mass is 9.99. The number of benzene rings is 2. The van der Waals surface area contributed by atoms with Crippen LogP contribution in [0.1, 0.15) is 42.4 Å². The van der Waals surface area contributed by atoms with Crippen LogP contribution in [0.4, 0.5) is 36.8 Å². The number of nitrogens with zero attached hydrogens (tertiary/aromatic N) is 2. The number of amidine groups is 1. The maximum Gasteiger partial charge on any atom is 0.419 e. The van der Waals surface area contributed by atoms with Crippen LogP contribution < -0.4 is 26.5 Å². The first-order valence-electron chi connectivity index (χ1n) is 11.5. The predicted molar refractivity (Wildman–Crippen MR) is 119 cm³/mol. The van der Waals surface area contributed by atoms with Gasteiger partial charge in [-0.3, -0.25) is 5.43 Å². The summed E-state index contributed by atoms with van der Waals surface area (Å²) >= 11 is 0. The zero-order valence-electron chi connectivity index (χ0n) is 19.2. The number of carbonyl (C=O) groups is 1. The molecular weight excluding hydrogens is 506 g/mol. The topological polar surface area (TPSA) is 94.6 Å². The maximum atomic E-state index is 13.8. The normalized spacial score (nSPS) is 23.5. The summed E-state index contributed by atoms with van der Waals surface area (Å²) in [5.41, 5.74) is 5.30. The highest BCUT2D eigenvalue weighted by Crippen LogP contribution is 2.41. The minimum absolute atomic E-state index is 0.222. The number of hydrogen-bond acceptors (Lipinski definition) is 5. The Balaban J connectivity index is 1.26. The number of anilines is 1. The van der Waals surface area contributed by atoms with Crippen molar-refractivity contribution in [3.63, 3.8) is 0 Å². The summed E-state index contributed by atoms with van der Waals surface area (Å²) in [6.45, 7) is 0. The third kappa shape index (κ3) is 5.30. The standard InChI is InChI=1S/C23H22F6N6O2/c24-22(25,26)13-2-4-14(5-3-13)30-21(36)35-15-6-7-16(35)11-17(10-15)37-19-8-1-12(20-31-33-34-32-20)9-18(19)23(27,28)29/h1-5,8-9,15-17,33-34H,6-7,10-11H2,(H,30,36)(H,31,32)/p+1/t15-,16+,17?. The van der Waals surface area contributed by atoms with Gasteiger partial charge in [-0.1, -0.05) is 5.53 Å². The number of ether oxygens (including phenoxy) is 1. The van der Waals surface area contributed by atoms with Crippen LogP contribution >= 0.6 is 0 Å². The van der Waals surface area contributed by atoms with Crippen molar-refractivity contribution in [3.05, 3.63) is 59.2 Å². The van der Waals surface area contributed by atoms with Crippen molar-refractivity contribution >= 4 is 17.6 Å². The Morgan fingerprint density at radius 2 is 1.68 bits per heavy atom. The van der Waals surface area contributed by atoms with Gasteiger partial charge in [0.05, 0.1) is 11.1 Å². The Morgan fingerprint density at radius 1 is 1.00 bits per heavy atom. The second kappa shape index (κ2) is 9.41. The lowest BCUT2D eigenvalue weighted by Gasteiger charge is -2.39. The van der Waals surface area contributed by atoms with Crippen LogP contribution in [0.15, 0.2) is 47.6 Å². The number of nitrogens with two attached hydrogens (primary N) is 1. The van der Waals surface area contributed by atoms with Crippen molar-refractivity contribution < 1.29 is 41.4 Å². The number of piperidine rings is 1. The van der Waals surface area contributed by atoms with Gasteiger partial charge in [0.2, 0.25) is 5.84 Å². The zero-order chi connectivity index (χ0) is 26.4. The van der Waals surface area contributed by atoms with Crippen LogP contribution in [0.25, 0.3) is 0 Å². The van der Waals surface area contributed by atoms with Gasteiger partial charge in [-0.2, -0.15) is 26.3 Å². The minimum Gasteiger partial charge on any atom is -0.490 e. The highest BCUT2D eigenvalue weighted by atomic mass is 19.4. The van der Waals surface area contributed by atoms with E-state index in [4.69, 9.17) is 4.74 Å². The second-order valence-corrected chi connectivity index (χ2v) is 9.09. The van der Waals surface area contributed by atoms with Gasteiger partial charge in [0.25, 0.3) is 0 Å². The van der Waals surface area contributed by atoms with Gasteiger partial charge in [-0.15, -0.1) is 5.53 Å². The average Bonchev–Trinajstić information content (AvgIpc) is 3.45. The van der Waals surface area contributed by atoms with Crippen LogP contribution in [-0.4, -0.2) is 35.0 Å². The summed E-state index contributed by atoms with van der Waals surface area (Å²) in [5.74, 6) is -0.0405. The third-order valence-corrected chi connectivity index (χ3v) is 6.69. The lowest BCUT2D eigenvalue weighted by Crippen LogP contribution is -2.87. The van der Waals surface area contributed by atoms with E-state index in [1.807, 2.05) is 0 Å². The number of hydrazine groups is 1. The van der Waals surface area contributed by atoms with Crippen molar-refractivity contribution in [2.45, 2.75) is 56.2 Å². The molecule has 8 nitrogen and oxygen atoms in total. The molecule has 37 heavy (non-hydrogen) atoms. The molecule has 3 aliphatic rings. The Bertz CT molecular complexity index is 1190. The van der Waals surface area contributed by atoms with Gasteiger partial charge >= 0.3 is 18.4 Å². The lowest BCUT2D eigenvalue weighted by molar-refractivity contribution is -0.713. The molecule has 0 aliphatic carbocycles. The fourth-order valence-electron chi connectivity index (χ4n) is 5.04. The molecule has 198 valence electrons. The molecule has 2 fully saturated rings. The highest BCUT2D eigenvalue weighted by Gasteiger charge is 2.45. The largest absolute Gasteiger partial charge is 0.490 e. The van der Waals surface area contributed by atoms with E-state index in [9.17, 15) is 31.1 Å². The minimum atomic E-state index is -4.65. The van der Waals surface area contributed by atoms with Crippen molar-refractivity contribution in [1.29, 1.82) is 0 Å². The fraction of sp³-hybridized carbons (Fsp3) is 0.391. The molecule has 2 aromatic carbocycles. The first kappa shape index (κ1) is 25.1. The number of quaternary nitrogens is 1. The molecule has 0 saturated carbocycles. The number of fused-ring (bicyclic) bond motifs is 2. The van der Waals surface area contributed by atoms with Gasteiger partial charge in [0, 0.05) is 36.2 Å². The maximum absolute atomic E-state index is 13.8. The number of urea groups is 1. The Kier molecular flexibility index (Phi) is 6.40. The zero-order valence-corrected chi connectivity index (χ0v) is 19.2. The number of nitrogens with one attached hydrogen (secondary N) is 3. The van der Waals surface area contributed by atoms with Crippen molar-refractivity contribution in [2.75, 3.05) is 5.32 Å². The van der Waals surface area contributed by atoms with Crippen LogP contribution in [-0.2, 0) is 12.4 Å². The molecule has 5 N–H and O–H groups in total. The van der Waals surface area contributed by atoms with Gasteiger partial charge in [-0.05, 0) is 60.4 Å². The van der Waals surface area contributed by atoms with E-state index in [1.54, 1.807) is 4.90 Å².